The van der Waals surface area contributed by atoms with Crippen molar-refractivity contribution in [1.29, 1.82) is 0 Å². The third-order valence-electron chi connectivity index (χ3n) is 1.45. The van der Waals surface area contributed by atoms with Crippen molar-refractivity contribution in [2.45, 2.75) is 18.9 Å². The number of hydrogen-bond acceptors (Lipinski definition) is 4. The second-order valence-electron chi connectivity index (χ2n) is 2.53. The zero-order valence-corrected chi connectivity index (χ0v) is 7.06. The average molecular weight is 191 g/mol. The second kappa shape index (κ2) is 6.38. The van der Waals surface area contributed by atoms with Crippen LogP contribution in [0.1, 0.15) is 12.8 Å². The van der Waals surface area contributed by atoms with E-state index in [9.17, 15) is 9.59 Å². The third kappa shape index (κ3) is 6.06. The zero-order chi connectivity index (χ0) is 10.3. The first-order valence-corrected chi connectivity index (χ1v) is 3.86. The molecular weight excluding hydrogens is 178 g/mol. The summed E-state index contributed by atoms with van der Waals surface area (Å²) < 4.78 is 0. The number of aliphatic hydroxyl groups excluding tert-OH is 1. The molecule has 0 aliphatic rings. The van der Waals surface area contributed by atoms with Crippen molar-refractivity contribution in [3.8, 4) is 0 Å². The molecular formula is C7H13NO5. The van der Waals surface area contributed by atoms with Gasteiger partial charge in [0.1, 0.15) is 6.04 Å². The van der Waals surface area contributed by atoms with Crippen molar-refractivity contribution < 1.29 is 24.9 Å². The minimum Gasteiger partial charge on any atom is -0.480 e. The van der Waals surface area contributed by atoms with E-state index >= 15 is 0 Å². The molecule has 6 nitrogen and oxygen atoms in total. The Bertz CT molecular complexity index is 182. The Labute approximate surface area is 75.2 Å². The van der Waals surface area contributed by atoms with Crippen LogP contribution in [0.4, 0.5) is 0 Å². The summed E-state index contributed by atoms with van der Waals surface area (Å²) in [5.41, 5.74) is 0. The van der Waals surface area contributed by atoms with E-state index in [-0.39, 0.29) is 19.6 Å². The Morgan fingerprint density at radius 1 is 1.31 bits per heavy atom. The van der Waals surface area contributed by atoms with Gasteiger partial charge < -0.3 is 15.3 Å². The van der Waals surface area contributed by atoms with E-state index in [1.54, 1.807) is 0 Å². The van der Waals surface area contributed by atoms with Gasteiger partial charge in [0.25, 0.3) is 0 Å². The van der Waals surface area contributed by atoms with Crippen LogP contribution >= 0.6 is 0 Å². The molecule has 0 saturated carbocycles. The average Bonchev–Trinajstić information content (AvgIpc) is 2.03. The predicted molar refractivity (Wildman–Crippen MR) is 43.4 cm³/mol. The van der Waals surface area contributed by atoms with Gasteiger partial charge in [0.2, 0.25) is 0 Å². The maximum absolute atomic E-state index is 10.5. The van der Waals surface area contributed by atoms with E-state index < -0.39 is 18.0 Å². The number of aliphatic hydroxyl groups is 1. The number of carbonyl (C=O) groups is 2. The molecule has 1 atom stereocenters. The van der Waals surface area contributed by atoms with Gasteiger partial charge in [-0.3, -0.25) is 14.9 Å². The molecule has 13 heavy (non-hydrogen) atoms. The fourth-order valence-electron chi connectivity index (χ4n) is 0.819. The quantitative estimate of drug-likeness (QED) is 0.406. The fourth-order valence-corrected chi connectivity index (χ4v) is 0.819. The number of carboxylic acids is 2. The molecule has 0 radical (unpaired) electrons. The van der Waals surface area contributed by atoms with Gasteiger partial charge in [0, 0.05) is 6.61 Å². The highest BCUT2D eigenvalue weighted by atomic mass is 16.4. The summed E-state index contributed by atoms with van der Waals surface area (Å²) in [5, 5.41) is 27.6. The summed E-state index contributed by atoms with van der Waals surface area (Å²) in [7, 11) is 0. The third-order valence-corrected chi connectivity index (χ3v) is 1.45. The fraction of sp³-hybridized carbons (Fsp3) is 0.714. The first-order valence-electron chi connectivity index (χ1n) is 3.86. The molecule has 0 aromatic carbocycles. The van der Waals surface area contributed by atoms with Crippen molar-refractivity contribution in [1.82, 2.24) is 5.32 Å². The second-order valence-corrected chi connectivity index (χ2v) is 2.53. The van der Waals surface area contributed by atoms with Gasteiger partial charge in [-0.1, -0.05) is 0 Å². The molecule has 0 bridgehead atoms. The SMILES string of the molecule is O=C(O)CNC(CCCO)C(=O)O. The van der Waals surface area contributed by atoms with Gasteiger partial charge in [-0.25, -0.2) is 0 Å². The number of nitrogens with one attached hydrogen (secondary N) is 1. The summed E-state index contributed by atoms with van der Waals surface area (Å²) in [4.78, 5) is 20.6. The molecule has 1 unspecified atom stereocenters. The van der Waals surface area contributed by atoms with Crippen LogP contribution in [0.2, 0.25) is 0 Å². The zero-order valence-electron chi connectivity index (χ0n) is 7.06. The molecule has 6 heteroatoms. The van der Waals surface area contributed by atoms with Crippen molar-refractivity contribution in [2.24, 2.45) is 0 Å². The first kappa shape index (κ1) is 11.9. The molecule has 0 aromatic heterocycles. The molecule has 76 valence electrons. The van der Waals surface area contributed by atoms with Crippen LogP contribution < -0.4 is 5.32 Å². The van der Waals surface area contributed by atoms with E-state index in [1.807, 2.05) is 0 Å². The van der Waals surface area contributed by atoms with Crippen molar-refractivity contribution in [3.05, 3.63) is 0 Å². The molecule has 0 aliphatic heterocycles. The molecule has 0 aromatic rings. The Kier molecular flexibility index (Phi) is 5.82. The van der Waals surface area contributed by atoms with E-state index in [1.165, 1.54) is 0 Å². The lowest BCUT2D eigenvalue weighted by Crippen LogP contribution is -2.39. The Morgan fingerprint density at radius 3 is 2.31 bits per heavy atom. The molecule has 0 spiro atoms. The Morgan fingerprint density at radius 2 is 1.92 bits per heavy atom. The molecule has 0 rings (SSSR count). The van der Waals surface area contributed by atoms with Gasteiger partial charge in [-0.05, 0) is 12.8 Å². The number of aliphatic carboxylic acids is 2. The topological polar surface area (TPSA) is 107 Å². The minimum atomic E-state index is -1.10. The lowest BCUT2D eigenvalue weighted by Gasteiger charge is -2.11. The monoisotopic (exact) mass is 191 g/mol. The van der Waals surface area contributed by atoms with Crippen molar-refractivity contribution in [2.75, 3.05) is 13.2 Å². The Balaban J connectivity index is 3.80. The van der Waals surface area contributed by atoms with E-state index in [2.05, 4.69) is 5.32 Å². The van der Waals surface area contributed by atoms with Crippen LogP contribution in [0.15, 0.2) is 0 Å². The van der Waals surface area contributed by atoms with Crippen LogP contribution in [0.3, 0.4) is 0 Å². The summed E-state index contributed by atoms with van der Waals surface area (Å²) in [5.74, 6) is -2.20. The summed E-state index contributed by atoms with van der Waals surface area (Å²) in [6.45, 7) is -0.485. The molecule has 0 aliphatic carbocycles. The number of hydrogen-bond donors (Lipinski definition) is 4. The maximum Gasteiger partial charge on any atom is 0.320 e. The molecule has 0 amide bonds. The molecule has 0 fully saturated rings. The first-order chi connectivity index (χ1) is 6.07. The molecule has 0 heterocycles. The largest absolute Gasteiger partial charge is 0.480 e. The van der Waals surface area contributed by atoms with Crippen molar-refractivity contribution >= 4 is 11.9 Å². The van der Waals surface area contributed by atoms with Gasteiger partial charge >= 0.3 is 11.9 Å². The van der Waals surface area contributed by atoms with Crippen LogP contribution in [-0.4, -0.2) is 46.5 Å². The Hall–Kier alpha value is -1.14. The highest BCUT2D eigenvalue weighted by molar-refractivity contribution is 5.75. The van der Waals surface area contributed by atoms with Crippen LogP contribution in [0, 0.1) is 0 Å². The van der Waals surface area contributed by atoms with Gasteiger partial charge in [-0.15, -0.1) is 0 Å². The summed E-state index contributed by atoms with van der Waals surface area (Å²) in [6.07, 6.45) is 0.558. The summed E-state index contributed by atoms with van der Waals surface area (Å²) >= 11 is 0. The molecule has 4 N–H and O–H groups in total. The van der Waals surface area contributed by atoms with Gasteiger partial charge in [0.05, 0.1) is 6.54 Å². The van der Waals surface area contributed by atoms with Gasteiger partial charge in [-0.2, -0.15) is 0 Å². The van der Waals surface area contributed by atoms with Crippen LogP contribution in [-0.2, 0) is 9.59 Å². The minimum absolute atomic E-state index is 0.0987. The predicted octanol–water partition coefficient (Wildman–Crippen LogP) is -1.11. The highest BCUT2D eigenvalue weighted by Gasteiger charge is 2.16. The maximum atomic E-state index is 10.5. The standard InChI is InChI=1S/C7H13NO5/c9-3-1-2-5(7(12)13)8-4-6(10)11/h5,8-9H,1-4H2,(H,10,11)(H,12,13). The van der Waals surface area contributed by atoms with Gasteiger partial charge in [0.15, 0.2) is 0 Å². The van der Waals surface area contributed by atoms with Crippen molar-refractivity contribution in [3.63, 3.8) is 0 Å². The van der Waals surface area contributed by atoms with E-state index in [0.717, 1.165) is 0 Å². The molecule has 0 saturated heterocycles. The van der Waals surface area contributed by atoms with E-state index in [4.69, 9.17) is 15.3 Å². The normalized spacial score (nSPS) is 12.4. The number of carboxylic acid groups (broad SMARTS) is 2. The number of rotatable bonds is 7. The van der Waals surface area contributed by atoms with E-state index in [0.29, 0.717) is 6.42 Å². The highest BCUT2D eigenvalue weighted by Crippen LogP contribution is 1.96. The smallest absolute Gasteiger partial charge is 0.320 e. The summed E-state index contributed by atoms with van der Waals surface area (Å²) in [6, 6.07) is -0.900. The lowest BCUT2D eigenvalue weighted by atomic mass is 10.1. The van der Waals surface area contributed by atoms with Crippen LogP contribution in [0.5, 0.6) is 0 Å². The lowest BCUT2D eigenvalue weighted by molar-refractivity contribution is -0.140. The van der Waals surface area contributed by atoms with Crippen LogP contribution in [0.25, 0.3) is 0 Å².